The van der Waals surface area contributed by atoms with Gasteiger partial charge in [0, 0.05) is 16.7 Å². The molecule has 3 N–H and O–H groups in total. The van der Waals surface area contributed by atoms with Crippen molar-refractivity contribution in [3.05, 3.63) is 22.4 Å². The van der Waals surface area contributed by atoms with Crippen LogP contribution in [0.25, 0.3) is 0 Å². The molecule has 0 aliphatic heterocycles. The van der Waals surface area contributed by atoms with Crippen molar-refractivity contribution in [1.29, 1.82) is 0 Å². The topological polar surface area (TPSA) is 55.1 Å². The number of hydrogen-bond donors (Lipinski definition) is 2. The minimum Gasteiger partial charge on any atom is -0.350 e. The third kappa shape index (κ3) is 5.81. The number of hydrogen-bond acceptors (Lipinski definition) is 4. The van der Waals surface area contributed by atoms with Crippen molar-refractivity contribution in [2.45, 2.75) is 19.5 Å². The van der Waals surface area contributed by atoms with Gasteiger partial charge >= 0.3 is 0 Å². The van der Waals surface area contributed by atoms with Crippen LogP contribution in [0.1, 0.15) is 11.8 Å². The van der Waals surface area contributed by atoms with E-state index >= 15 is 0 Å². The lowest BCUT2D eigenvalue weighted by atomic mass is 10.4. The fourth-order valence-corrected chi connectivity index (χ4v) is 2.41. The molecule has 1 aromatic rings. The first-order chi connectivity index (χ1) is 7.18. The zero-order valence-corrected chi connectivity index (χ0v) is 10.4. The van der Waals surface area contributed by atoms with Gasteiger partial charge in [-0.05, 0) is 18.4 Å². The van der Waals surface area contributed by atoms with Crippen LogP contribution in [-0.4, -0.2) is 23.5 Å². The molecule has 0 aliphatic carbocycles. The molecule has 0 saturated carbocycles. The highest BCUT2D eigenvalue weighted by atomic mass is 32.2. The van der Waals surface area contributed by atoms with Gasteiger partial charge < -0.3 is 11.1 Å². The molecule has 1 aromatic heterocycles. The van der Waals surface area contributed by atoms with Gasteiger partial charge in [0.05, 0.1) is 12.3 Å². The quantitative estimate of drug-likeness (QED) is 0.796. The SMILES string of the molecule is CC(N)CSCC(=O)NCc1cccs1. The van der Waals surface area contributed by atoms with E-state index in [1.165, 1.54) is 4.88 Å². The van der Waals surface area contributed by atoms with E-state index in [9.17, 15) is 4.79 Å². The first-order valence-corrected chi connectivity index (χ1v) is 6.84. The van der Waals surface area contributed by atoms with Crippen molar-refractivity contribution in [2.24, 2.45) is 5.73 Å². The van der Waals surface area contributed by atoms with Crippen LogP contribution >= 0.6 is 23.1 Å². The van der Waals surface area contributed by atoms with Crippen LogP contribution in [0, 0.1) is 0 Å². The fraction of sp³-hybridized carbons (Fsp3) is 0.500. The summed E-state index contributed by atoms with van der Waals surface area (Å²) >= 11 is 3.23. The van der Waals surface area contributed by atoms with E-state index in [2.05, 4.69) is 5.32 Å². The van der Waals surface area contributed by atoms with Gasteiger partial charge in [0.15, 0.2) is 0 Å². The highest BCUT2D eigenvalue weighted by Gasteiger charge is 2.02. The predicted molar refractivity (Wildman–Crippen MR) is 67.1 cm³/mol. The monoisotopic (exact) mass is 244 g/mol. The molecule has 1 rings (SSSR count). The Bertz CT molecular complexity index is 286. The molecule has 1 heterocycles. The van der Waals surface area contributed by atoms with E-state index in [0.717, 1.165) is 5.75 Å². The lowest BCUT2D eigenvalue weighted by Crippen LogP contribution is -2.25. The molecule has 3 nitrogen and oxygen atoms in total. The minimum absolute atomic E-state index is 0.0778. The van der Waals surface area contributed by atoms with Crippen molar-refractivity contribution in [2.75, 3.05) is 11.5 Å². The molecule has 1 atom stereocenters. The molecule has 15 heavy (non-hydrogen) atoms. The lowest BCUT2D eigenvalue weighted by molar-refractivity contribution is -0.118. The Kier molecular flexibility index (Phi) is 5.75. The maximum atomic E-state index is 11.4. The number of thioether (sulfide) groups is 1. The maximum Gasteiger partial charge on any atom is 0.230 e. The molecule has 0 aliphatic rings. The summed E-state index contributed by atoms with van der Waals surface area (Å²) in [5, 5.41) is 4.87. The van der Waals surface area contributed by atoms with Crippen LogP contribution in [0.4, 0.5) is 0 Å². The number of carbonyl (C=O) groups excluding carboxylic acids is 1. The summed E-state index contributed by atoms with van der Waals surface area (Å²) in [7, 11) is 0. The molecule has 1 amide bonds. The average molecular weight is 244 g/mol. The standard InChI is InChI=1S/C10H16N2OS2/c1-8(11)6-14-7-10(13)12-5-9-3-2-4-15-9/h2-4,8H,5-7,11H2,1H3,(H,12,13). The van der Waals surface area contributed by atoms with Gasteiger partial charge in [-0.3, -0.25) is 4.79 Å². The molecule has 0 fully saturated rings. The summed E-state index contributed by atoms with van der Waals surface area (Å²) < 4.78 is 0. The normalized spacial score (nSPS) is 12.4. The highest BCUT2D eigenvalue weighted by Crippen LogP contribution is 2.07. The zero-order valence-electron chi connectivity index (χ0n) is 8.73. The molecule has 0 aromatic carbocycles. The van der Waals surface area contributed by atoms with E-state index in [4.69, 9.17) is 5.73 Å². The van der Waals surface area contributed by atoms with Gasteiger partial charge in [-0.15, -0.1) is 11.3 Å². The summed E-state index contributed by atoms with van der Waals surface area (Å²) in [5.41, 5.74) is 5.58. The molecular weight excluding hydrogens is 228 g/mol. The fourth-order valence-electron chi connectivity index (χ4n) is 0.987. The number of nitrogens with one attached hydrogen (secondary N) is 1. The van der Waals surface area contributed by atoms with Crippen molar-refractivity contribution < 1.29 is 4.79 Å². The minimum atomic E-state index is 0.0778. The molecule has 5 heteroatoms. The summed E-state index contributed by atoms with van der Waals surface area (Å²) in [6.45, 7) is 2.58. The predicted octanol–water partition coefficient (Wildman–Crippen LogP) is 1.44. The molecule has 0 saturated heterocycles. The lowest BCUT2D eigenvalue weighted by Gasteiger charge is -2.05. The Balaban J connectivity index is 2.09. The largest absolute Gasteiger partial charge is 0.350 e. The molecule has 0 spiro atoms. The Labute approximate surface area is 98.4 Å². The van der Waals surface area contributed by atoms with Crippen molar-refractivity contribution in [3.8, 4) is 0 Å². The molecular formula is C10H16N2OS2. The van der Waals surface area contributed by atoms with E-state index in [1.807, 2.05) is 24.4 Å². The summed E-state index contributed by atoms with van der Waals surface area (Å²) in [4.78, 5) is 12.5. The first-order valence-electron chi connectivity index (χ1n) is 4.81. The number of carbonyl (C=O) groups is 1. The second-order valence-electron chi connectivity index (χ2n) is 3.35. The van der Waals surface area contributed by atoms with Crippen molar-refractivity contribution in [1.82, 2.24) is 5.32 Å². The van der Waals surface area contributed by atoms with E-state index in [1.54, 1.807) is 23.1 Å². The Morgan fingerprint density at radius 3 is 3.13 bits per heavy atom. The average Bonchev–Trinajstić information content (AvgIpc) is 2.66. The van der Waals surface area contributed by atoms with Crippen LogP contribution < -0.4 is 11.1 Å². The zero-order chi connectivity index (χ0) is 11.1. The molecule has 0 bridgehead atoms. The van der Waals surface area contributed by atoms with Gasteiger partial charge in [0.25, 0.3) is 0 Å². The smallest absolute Gasteiger partial charge is 0.230 e. The van der Waals surface area contributed by atoms with Crippen LogP contribution in [0.15, 0.2) is 17.5 Å². The van der Waals surface area contributed by atoms with Gasteiger partial charge in [0.2, 0.25) is 5.91 Å². The van der Waals surface area contributed by atoms with Crippen molar-refractivity contribution in [3.63, 3.8) is 0 Å². The van der Waals surface area contributed by atoms with Crippen LogP contribution in [0.5, 0.6) is 0 Å². The second kappa shape index (κ2) is 6.87. The van der Waals surface area contributed by atoms with Crippen LogP contribution in [0.2, 0.25) is 0 Å². The number of amides is 1. The first kappa shape index (κ1) is 12.5. The van der Waals surface area contributed by atoms with Gasteiger partial charge in [-0.1, -0.05) is 6.07 Å². The summed E-state index contributed by atoms with van der Waals surface area (Å²) in [5.74, 6) is 1.40. The molecule has 0 radical (unpaired) electrons. The molecule has 84 valence electrons. The van der Waals surface area contributed by atoms with Crippen molar-refractivity contribution >= 4 is 29.0 Å². The summed E-state index contributed by atoms with van der Waals surface area (Å²) in [6, 6.07) is 4.15. The Morgan fingerprint density at radius 2 is 2.53 bits per heavy atom. The number of nitrogens with two attached hydrogens (primary N) is 1. The Morgan fingerprint density at radius 1 is 1.73 bits per heavy atom. The van der Waals surface area contributed by atoms with E-state index in [-0.39, 0.29) is 11.9 Å². The second-order valence-corrected chi connectivity index (χ2v) is 5.41. The van der Waals surface area contributed by atoms with E-state index < -0.39 is 0 Å². The number of thiophene rings is 1. The van der Waals surface area contributed by atoms with Gasteiger partial charge in [0.1, 0.15) is 0 Å². The highest BCUT2D eigenvalue weighted by molar-refractivity contribution is 7.99. The van der Waals surface area contributed by atoms with Gasteiger partial charge in [-0.2, -0.15) is 11.8 Å². The third-order valence-corrected chi connectivity index (χ3v) is 3.76. The maximum absolute atomic E-state index is 11.4. The Hall–Kier alpha value is -0.520. The van der Waals surface area contributed by atoms with Crippen LogP contribution in [0.3, 0.4) is 0 Å². The molecule has 1 unspecified atom stereocenters. The number of rotatable bonds is 6. The van der Waals surface area contributed by atoms with E-state index in [0.29, 0.717) is 12.3 Å². The summed E-state index contributed by atoms with van der Waals surface area (Å²) in [6.07, 6.45) is 0. The van der Waals surface area contributed by atoms with Gasteiger partial charge in [-0.25, -0.2) is 0 Å². The third-order valence-electron chi connectivity index (χ3n) is 1.65. The van der Waals surface area contributed by atoms with Crippen LogP contribution in [-0.2, 0) is 11.3 Å².